The Bertz CT molecular complexity index is 616. The van der Waals surface area contributed by atoms with Crippen LogP contribution in [0.15, 0.2) is 30.5 Å². The molecule has 2 N–H and O–H groups in total. The van der Waals surface area contributed by atoms with Gasteiger partial charge in [-0.2, -0.15) is 0 Å². The lowest BCUT2D eigenvalue weighted by molar-refractivity contribution is 0.140. The fourth-order valence-electron chi connectivity index (χ4n) is 4.16. The summed E-state index contributed by atoms with van der Waals surface area (Å²) in [6.45, 7) is 3.44. The van der Waals surface area contributed by atoms with Gasteiger partial charge in [0, 0.05) is 44.4 Å². The van der Waals surface area contributed by atoms with E-state index in [0.29, 0.717) is 6.04 Å². The van der Waals surface area contributed by atoms with Crippen molar-refractivity contribution in [3.63, 3.8) is 0 Å². The zero-order valence-corrected chi connectivity index (χ0v) is 12.1. The molecule has 4 rings (SSSR count). The van der Waals surface area contributed by atoms with Gasteiger partial charge in [-0.15, -0.1) is 0 Å². The Labute approximate surface area is 120 Å². The van der Waals surface area contributed by atoms with Crippen LogP contribution in [0.1, 0.15) is 18.4 Å². The molecule has 1 aliphatic carbocycles. The second-order valence-electron chi connectivity index (χ2n) is 6.69. The minimum atomic E-state index is 0.460. The van der Waals surface area contributed by atoms with E-state index in [1.165, 1.54) is 42.4 Å². The van der Waals surface area contributed by atoms with Crippen LogP contribution < -0.4 is 5.73 Å². The van der Waals surface area contributed by atoms with Crippen LogP contribution in [0.4, 0.5) is 0 Å². The number of hydrogen-bond acceptors (Lipinski definition) is 2. The van der Waals surface area contributed by atoms with Crippen LogP contribution in [0.5, 0.6) is 0 Å². The predicted octanol–water partition coefficient (Wildman–Crippen LogP) is 2.35. The molecule has 3 atom stereocenters. The molecule has 3 heteroatoms. The SMILES string of the molecule is Cn1ccc2ccc(CN3C[C@H]4CC[C@@H](C3)C4N)cc21. The van der Waals surface area contributed by atoms with Crippen molar-refractivity contribution in [3.05, 3.63) is 36.0 Å². The van der Waals surface area contributed by atoms with Crippen LogP contribution >= 0.6 is 0 Å². The summed E-state index contributed by atoms with van der Waals surface area (Å²) < 4.78 is 2.20. The molecule has 1 aromatic carbocycles. The molecule has 1 aliphatic heterocycles. The molecule has 1 aromatic heterocycles. The van der Waals surface area contributed by atoms with Gasteiger partial charge in [0.2, 0.25) is 0 Å². The van der Waals surface area contributed by atoms with Gasteiger partial charge in [0.25, 0.3) is 0 Å². The molecular weight excluding hydrogens is 246 g/mol. The summed E-state index contributed by atoms with van der Waals surface area (Å²) >= 11 is 0. The Balaban J connectivity index is 1.54. The number of fused-ring (bicyclic) bond motifs is 3. The lowest BCUT2D eigenvalue weighted by Crippen LogP contribution is -2.48. The zero-order chi connectivity index (χ0) is 13.7. The third-order valence-electron chi connectivity index (χ3n) is 5.34. The molecule has 1 unspecified atom stereocenters. The monoisotopic (exact) mass is 269 g/mol. The van der Waals surface area contributed by atoms with E-state index in [9.17, 15) is 0 Å². The summed E-state index contributed by atoms with van der Waals surface area (Å²) in [6, 6.07) is 9.50. The van der Waals surface area contributed by atoms with Crippen LogP contribution in [0.2, 0.25) is 0 Å². The van der Waals surface area contributed by atoms with Gasteiger partial charge < -0.3 is 10.3 Å². The van der Waals surface area contributed by atoms with Crippen molar-refractivity contribution < 1.29 is 0 Å². The summed E-state index contributed by atoms with van der Waals surface area (Å²) in [7, 11) is 2.12. The molecule has 0 radical (unpaired) electrons. The molecule has 2 fully saturated rings. The Morgan fingerprint density at radius 3 is 2.65 bits per heavy atom. The number of likely N-dealkylation sites (tertiary alicyclic amines) is 1. The molecular formula is C17H23N3. The van der Waals surface area contributed by atoms with Gasteiger partial charge in [-0.1, -0.05) is 12.1 Å². The highest BCUT2D eigenvalue weighted by molar-refractivity contribution is 5.80. The maximum absolute atomic E-state index is 6.29. The summed E-state index contributed by atoms with van der Waals surface area (Å²) in [5.41, 5.74) is 9.05. The number of piperidine rings is 1. The quantitative estimate of drug-likeness (QED) is 0.908. The lowest BCUT2D eigenvalue weighted by atomic mass is 9.93. The van der Waals surface area contributed by atoms with Gasteiger partial charge >= 0.3 is 0 Å². The fourth-order valence-corrected chi connectivity index (χ4v) is 4.16. The second kappa shape index (κ2) is 4.61. The number of rotatable bonds is 2. The highest BCUT2D eigenvalue weighted by atomic mass is 15.2. The van der Waals surface area contributed by atoms with E-state index in [1.807, 2.05) is 0 Å². The Morgan fingerprint density at radius 1 is 1.15 bits per heavy atom. The van der Waals surface area contributed by atoms with E-state index < -0.39 is 0 Å². The molecule has 1 saturated carbocycles. The topological polar surface area (TPSA) is 34.2 Å². The van der Waals surface area contributed by atoms with Crippen LogP contribution in [0.25, 0.3) is 10.9 Å². The molecule has 2 heterocycles. The largest absolute Gasteiger partial charge is 0.351 e. The molecule has 20 heavy (non-hydrogen) atoms. The normalized spacial score (nSPS) is 30.2. The first-order valence-electron chi connectivity index (χ1n) is 7.72. The average molecular weight is 269 g/mol. The van der Waals surface area contributed by atoms with Gasteiger partial charge in [0.15, 0.2) is 0 Å². The smallest absolute Gasteiger partial charge is 0.0480 e. The number of nitrogens with zero attached hydrogens (tertiary/aromatic N) is 2. The summed E-state index contributed by atoms with van der Waals surface area (Å²) in [4.78, 5) is 2.61. The van der Waals surface area contributed by atoms with Gasteiger partial charge in [0.05, 0.1) is 0 Å². The Morgan fingerprint density at radius 2 is 1.90 bits per heavy atom. The van der Waals surface area contributed by atoms with Crippen molar-refractivity contribution in [2.24, 2.45) is 24.6 Å². The van der Waals surface area contributed by atoms with Crippen molar-refractivity contribution in [2.75, 3.05) is 13.1 Å². The molecule has 0 spiro atoms. The van der Waals surface area contributed by atoms with Gasteiger partial charge in [-0.25, -0.2) is 0 Å². The molecule has 2 aliphatic rings. The molecule has 106 valence electrons. The van der Waals surface area contributed by atoms with Gasteiger partial charge in [-0.3, -0.25) is 4.90 Å². The standard InChI is InChI=1S/C17H23N3/c1-19-7-6-13-3-2-12(8-16(13)19)9-20-10-14-4-5-15(11-20)17(14)18/h2-3,6-8,14-15,17H,4-5,9-11,18H2,1H3/t14-,15+,17?. The van der Waals surface area contributed by atoms with Crippen molar-refractivity contribution >= 4 is 10.9 Å². The van der Waals surface area contributed by atoms with E-state index in [4.69, 9.17) is 5.73 Å². The number of aryl methyl sites for hydroxylation is 1. The maximum atomic E-state index is 6.29. The summed E-state index contributed by atoms with van der Waals surface area (Å²) in [6.07, 6.45) is 4.80. The Kier molecular flexibility index (Phi) is 2.86. The van der Waals surface area contributed by atoms with Crippen LogP contribution in [0.3, 0.4) is 0 Å². The van der Waals surface area contributed by atoms with Crippen molar-refractivity contribution in [1.29, 1.82) is 0 Å². The highest BCUT2D eigenvalue weighted by Gasteiger charge is 2.39. The number of hydrogen-bond donors (Lipinski definition) is 1. The van der Waals surface area contributed by atoms with E-state index in [-0.39, 0.29) is 0 Å². The first-order valence-corrected chi connectivity index (χ1v) is 7.72. The van der Waals surface area contributed by atoms with Crippen molar-refractivity contribution in [2.45, 2.75) is 25.4 Å². The summed E-state index contributed by atoms with van der Waals surface area (Å²) in [5.74, 6) is 1.46. The van der Waals surface area contributed by atoms with Gasteiger partial charge in [0.1, 0.15) is 0 Å². The van der Waals surface area contributed by atoms with E-state index in [1.54, 1.807) is 0 Å². The number of nitrogens with two attached hydrogens (primary N) is 1. The predicted molar refractivity (Wildman–Crippen MR) is 82.4 cm³/mol. The van der Waals surface area contributed by atoms with Crippen LogP contribution in [0, 0.1) is 11.8 Å². The van der Waals surface area contributed by atoms with E-state index >= 15 is 0 Å². The lowest BCUT2D eigenvalue weighted by Gasteiger charge is -2.36. The molecule has 3 nitrogen and oxygen atoms in total. The molecule has 0 amide bonds. The number of aromatic nitrogens is 1. The van der Waals surface area contributed by atoms with E-state index in [2.05, 4.69) is 47.0 Å². The third-order valence-corrected chi connectivity index (χ3v) is 5.34. The average Bonchev–Trinajstić information content (AvgIpc) is 2.88. The number of benzene rings is 1. The van der Waals surface area contributed by atoms with Crippen LogP contribution in [-0.4, -0.2) is 28.6 Å². The first-order chi connectivity index (χ1) is 9.70. The second-order valence-corrected chi connectivity index (χ2v) is 6.69. The van der Waals surface area contributed by atoms with E-state index in [0.717, 1.165) is 18.4 Å². The Hall–Kier alpha value is -1.32. The van der Waals surface area contributed by atoms with Crippen molar-refractivity contribution in [3.8, 4) is 0 Å². The van der Waals surface area contributed by atoms with Crippen LogP contribution in [-0.2, 0) is 13.6 Å². The third kappa shape index (κ3) is 1.97. The molecule has 1 saturated heterocycles. The minimum absolute atomic E-state index is 0.460. The molecule has 2 bridgehead atoms. The molecule has 2 aromatic rings. The zero-order valence-electron chi connectivity index (χ0n) is 12.1. The minimum Gasteiger partial charge on any atom is -0.351 e. The first kappa shape index (κ1) is 12.4. The van der Waals surface area contributed by atoms with Gasteiger partial charge in [-0.05, 0) is 47.8 Å². The maximum Gasteiger partial charge on any atom is 0.0480 e. The van der Waals surface area contributed by atoms with Crippen molar-refractivity contribution in [1.82, 2.24) is 9.47 Å². The highest BCUT2D eigenvalue weighted by Crippen LogP contribution is 2.36. The summed E-state index contributed by atoms with van der Waals surface area (Å²) in [5, 5.41) is 1.33. The fraction of sp³-hybridized carbons (Fsp3) is 0.529.